The maximum atomic E-state index is 12.6. The number of hydrogen-bond donors (Lipinski definition) is 2. The molecule has 0 bridgehead atoms. The molecule has 0 fully saturated rings. The van der Waals surface area contributed by atoms with E-state index in [1.54, 1.807) is 30.3 Å². The minimum Gasteiger partial charge on any atom is -0.331 e. The molecule has 0 aliphatic carbocycles. The van der Waals surface area contributed by atoms with Gasteiger partial charge in [0.15, 0.2) is 5.11 Å². The first-order chi connectivity index (χ1) is 14.8. The Morgan fingerprint density at radius 3 is 2.55 bits per heavy atom. The van der Waals surface area contributed by atoms with E-state index >= 15 is 0 Å². The van der Waals surface area contributed by atoms with Gasteiger partial charge in [-0.05, 0) is 61.1 Å². The summed E-state index contributed by atoms with van der Waals surface area (Å²) in [6.07, 6.45) is 0. The summed E-state index contributed by atoms with van der Waals surface area (Å²) in [4.78, 5) is 17.2. The molecule has 0 spiro atoms. The van der Waals surface area contributed by atoms with Crippen molar-refractivity contribution in [1.29, 1.82) is 0 Å². The minimum atomic E-state index is -0.383. The Morgan fingerprint density at radius 2 is 1.81 bits per heavy atom. The first-order valence-corrected chi connectivity index (χ1v) is 11.4. The van der Waals surface area contributed by atoms with Gasteiger partial charge < -0.3 is 5.32 Å². The molecule has 156 valence electrons. The second kappa shape index (κ2) is 9.10. The number of thiocarbonyl (C=S) groups is 1. The van der Waals surface area contributed by atoms with Gasteiger partial charge >= 0.3 is 0 Å². The molecular formula is C22H14Cl3N3OS2. The molecule has 1 heterocycles. The molecule has 0 aliphatic rings. The number of amides is 1. The van der Waals surface area contributed by atoms with Crippen LogP contribution in [0.15, 0.2) is 54.6 Å². The van der Waals surface area contributed by atoms with E-state index in [0.29, 0.717) is 31.9 Å². The van der Waals surface area contributed by atoms with E-state index in [9.17, 15) is 4.79 Å². The van der Waals surface area contributed by atoms with Crippen molar-refractivity contribution in [1.82, 2.24) is 10.3 Å². The quantitative estimate of drug-likeness (QED) is 0.285. The van der Waals surface area contributed by atoms with Gasteiger partial charge in [0.1, 0.15) is 5.01 Å². The summed E-state index contributed by atoms with van der Waals surface area (Å²) < 4.78 is 1.03. The highest BCUT2D eigenvalue weighted by atomic mass is 35.5. The summed E-state index contributed by atoms with van der Waals surface area (Å²) in [6.45, 7) is 1.86. The Morgan fingerprint density at radius 1 is 1.03 bits per heavy atom. The standard InChI is InChI=1S/C22H14Cl3N3OS2/c1-11-6-7-12(8-15(11)24)20(29)28-22(30)27-19-14(9-13(23)10-16(19)25)21-26-17-4-2-3-5-18(17)31-21/h2-10H,1H3,(H2,27,28,29,30). The second-order valence-corrected chi connectivity index (χ2v) is 9.36. The predicted octanol–water partition coefficient (Wildman–Crippen LogP) is 7.36. The van der Waals surface area contributed by atoms with Crippen molar-refractivity contribution < 1.29 is 4.79 Å². The molecule has 4 aromatic rings. The van der Waals surface area contributed by atoms with E-state index in [1.807, 2.05) is 31.2 Å². The number of carbonyl (C=O) groups is 1. The molecule has 31 heavy (non-hydrogen) atoms. The van der Waals surface area contributed by atoms with Gasteiger partial charge in [0.2, 0.25) is 0 Å². The largest absolute Gasteiger partial charge is 0.331 e. The number of nitrogens with zero attached hydrogens (tertiary/aromatic N) is 1. The van der Waals surface area contributed by atoms with Crippen LogP contribution < -0.4 is 10.6 Å². The Kier molecular flexibility index (Phi) is 6.46. The monoisotopic (exact) mass is 505 g/mol. The number of thiazole rings is 1. The fourth-order valence-electron chi connectivity index (χ4n) is 2.91. The number of anilines is 1. The number of aryl methyl sites for hydroxylation is 1. The predicted molar refractivity (Wildman–Crippen MR) is 135 cm³/mol. The first-order valence-electron chi connectivity index (χ1n) is 9.05. The number of rotatable bonds is 3. The van der Waals surface area contributed by atoms with Crippen LogP contribution in [0.3, 0.4) is 0 Å². The molecule has 0 saturated heterocycles. The van der Waals surface area contributed by atoms with Crippen molar-refractivity contribution in [2.24, 2.45) is 0 Å². The number of benzene rings is 3. The Balaban J connectivity index is 1.62. The molecule has 4 nitrogen and oxygen atoms in total. The summed E-state index contributed by atoms with van der Waals surface area (Å²) in [6, 6.07) is 16.2. The van der Waals surface area contributed by atoms with E-state index in [0.717, 1.165) is 20.8 Å². The summed E-state index contributed by atoms with van der Waals surface area (Å²) in [5.74, 6) is -0.383. The lowest BCUT2D eigenvalue weighted by atomic mass is 10.1. The van der Waals surface area contributed by atoms with Gasteiger partial charge in [0, 0.05) is 21.2 Å². The second-order valence-electron chi connectivity index (χ2n) is 6.67. The van der Waals surface area contributed by atoms with Crippen LogP contribution >= 0.6 is 58.4 Å². The Labute approximate surface area is 203 Å². The van der Waals surface area contributed by atoms with Gasteiger partial charge in [-0.25, -0.2) is 4.98 Å². The van der Waals surface area contributed by atoms with Crippen LogP contribution in [0.25, 0.3) is 20.8 Å². The molecule has 2 N–H and O–H groups in total. The van der Waals surface area contributed by atoms with Crippen molar-refractivity contribution in [2.45, 2.75) is 6.92 Å². The highest BCUT2D eigenvalue weighted by Crippen LogP contribution is 2.40. The van der Waals surface area contributed by atoms with E-state index in [2.05, 4.69) is 15.6 Å². The minimum absolute atomic E-state index is 0.0910. The molecule has 0 radical (unpaired) electrons. The Hall–Kier alpha value is -2.22. The van der Waals surface area contributed by atoms with E-state index in [1.165, 1.54) is 11.3 Å². The van der Waals surface area contributed by atoms with Crippen LogP contribution in [-0.4, -0.2) is 16.0 Å². The van der Waals surface area contributed by atoms with Gasteiger partial charge in [-0.1, -0.05) is 53.0 Å². The number of fused-ring (bicyclic) bond motifs is 1. The molecular weight excluding hydrogens is 493 g/mol. The Bertz CT molecular complexity index is 1300. The number of carbonyl (C=O) groups excluding carboxylic acids is 1. The topological polar surface area (TPSA) is 54.0 Å². The summed E-state index contributed by atoms with van der Waals surface area (Å²) >= 11 is 25.7. The third-order valence-electron chi connectivity index (χ3n) is 4.48. The number of nitrogens with one attached hydrogen (secondary N) is 2. The highest BCUT2D eigenvalue weighted by Gasteiger charge is 2.17. The van der Waals surface area contributed by atoms with Crippen LogP contribution in [0.5, 0.6) is 0 Å². The zero-order valence-electron chi connectivity index (χ0n) is 16.0. The van der Waals surface area contributed by atoms with Crippen molar-refractivity contribution >= 4 is 85.3 Å². The van der Waals surface area contributed by atoms with Gasteiger partial charge in [-0.2, -0.15) is 0 Å². The first kappa shape index (κ1) is 22.0. The lowest BCUT2D eigenvalue weighted by Crippen LogP contribution is -2.34. The average Bonchev–Trinajstić information content (AvgIpc) is 3.16. The molecule has 1 amide bonds. The SMILES string of the molecule is Cc1ccc(C(=O)NC(=S)Nc2c(Cl)cc(Cl)cc2-c2nc3ccccc3s2)cc1Cl. The van der Waals surface area contributed by atoms with E-state index < -0.39 is 0 Å². The van der Waals surface area contributed by atoms with Crippen molar-refractivity contribution in [3.63, 3.8) is 0 Å². The average molecular weight is 507 g/mol. The number of aromatic nitrogens is 1. The molecule has 0 aliphatic heterocycles. The van der Waals surface area contributed by atoms with Crippen molar-refractivity contribution in [2.75, 3.05) is 5.32 Å². The molecule has 3 aromatic carbocycles. The van der Waals surface area contributed by atoms with Crippen molar-refractivity contribution in [3.8, 4) is 10.6 Å². The van der Waals surface area contributed by atoms with Crippen LogP contribution in [-0.2, 0) is 0 Å². The lowest BCUT2D eigenvalue weighted by molar-refractivity contribution is 0.0977. The third kappa shape index (κ3) is 4.84. The number of halogens is 3. The number of para-hydroxylation sites is 1. The molecule has 4 rings (SSSR count). The molecule has 9 heteroatoms. The van der Waals surface area contributed by atoms with Crippen LogP contribution in [0.1, 0.15) is 15.9 Å². The smallest absolute Gasteiger partial charge is 0.257 e. The third-order valence-corrected chi connectivity index (χ3v) is 6.68. The maximum Gasteiger partial charge on any atom is 0.257 e. The normalized spacial score (nSPS) is 10.8. The van der Waals surface area contributed by atoms with E-state index in [-0.39, 0.29) is 11.0 Å². The van der Waals surface area contributed by atoms with Crippen LogP contribution in [0.2, 0.25) is 15.1 Å². The van der Waals surface area contributed by atoms with Gasteiger partial charge in [-0.15, -0.1) is 11.3 Å². The fourth-order valence-corrected chi connectivity index (χ4v) is 4.81. The molecule has 0 atom stereocenters. The maximum absolute atomic E-state index is 12.6. The van der Waals surface area contributed by atoms with Gasteiger partial charge in [-0.3, -0.25) is 10.1 Å². The zero-order valence-corrected chi connectivity index (χ0v) is 19.9. The summed E-state index contributed by atoms with van der Waals surface area (Å²) in [5, 5.41) is 7.82. The highest BCUT2D eigenvalue weighted by molar-refractivity contribution is 7.80. The summed E-state index contributed by atoms with van der Waals surface area (Å²) in [5.41, 5.74) is 3.35. The lowest BCUT2D eigenvalue weighted by Gasteiger charge is -2.15. The fraction of sp³-hybridized carbons (Fsp3) is 0.0455. The zero-order chi connectivity index (χ0) is 22.1. The number of hydrogen-bond acceptors (Lipinski definition) is 4. The van der Waals surface area contributed by atoms with Crippen LogP contribution in [0, 0.1) is 6.92 Å². The van der Waals surface area contributed by atoms with Crippen molar-refractivity contribution in [3.05, 3.63) is 80.8 Å². The molecule has 1 aromatic heterocycles. The van der Waals surface area contributed by atoms with Gasteiger partial charge in [0.05, 0.1) is 20.9 Å². The summed E-state index contributed by atoms with van der Waals surface area (Å²) in [7, 11) is 0. The van der Waals surface area contributed by atoms with Gasteiger partial charge in [0.25, 0.3) is 5.91 Å². The molecule has 0 unspecified atom stereocenters. The molecule has 0 saturated carbocycles. The van der Waals surface area contributed by atoms with Crippen LogP contribution in [0.4, 0.5) is 5.69 Å². The van der Waals surface area contributed by atoms with E-state index in [4.69, 9.17) is 47.0 Å².